The Morgan fingerprint density at radius 2 is 1.57 bits per heavy atom. The number of allylic oxidation sites excluding steroid dienone is 2. The number of amides is 2. The van der Waals surface area contributed by atoms with E-state index in [2.05, 4.69) is 33.0 Å². The van der Waals surface area contributed by atoms with Crippen molar-refractivity contribution in [3.05, 3.63) is 36.7 Å². The van der Waals surface area contributed by atoms with Crippen LogP contribution in [0.4, 0.5) is 5.69 Å². The Hall–Kier alpha value is -2.21. The van der Waals surface area contributed by atoms with Crippen molar-refractivity contribution in [1.29, 1.82) is 0 Å². The molecule has 2 bridgehead atoms. The normalized spacial score (nSPS) is 36.9. The number of imide groups is 1. The van der Waals surface area contributed by atoms with Crippen molar-refractivity contribution in [1.82, 2.24) is 14.8 Å². The summed E-state index contributed by atoms with van der Waals surface area (Å²) in [6.07, 6.45) is 11.4. The van der Waals surface area contributed by atoms with Crippen LogP contribution in [0.3, 0.4) is 0 Å². The predicted molar refractivity (Wildman–Crippen MR) is 114 cm³/mol. The van der Waals surface area contributed by atoms with Crippen LogP contribution in [0.25, 0.3) is 0 Å². The first kappa shape index (κ1) is 18.6. The molecule has 2 aliphatic heterocycles. The van der Waals surface area contributed by atoms with E-state index in [1.807, 2.05) is 18.5 Å². The van der Waals surface area contributed by atoms with Gasteiger partial charge in [-0.2, -0.15) is 0 Å². The molecule has 7 rings (SSSR count). The molecule has 2 saturated heterocycles. The number of carbonyl (C=O) groups excluding carboxylic acids is 2. The zero-order valence-electron chi connectivity index (χ0n) is 17.4. The van der Waals surface area contributed by atoms with E-state index in [9.17, 15) is 9.59 Å². The molecule has 0 aromatic carbocycles. The lowest BCUT2D eigenvalue weighted by Crippen LogP contribution is -2.46. The molecule has 30 heavy (non-hydrogen) atoms. The van der Waals surface area contributed by atoms with Gasteiger partial charge in [0.1, 0.15) is 0 Å². The number of carbonyl (C=O) groups is 2. The lowest BCUT2D eigenvalue weighted by atomic mass is 9.63. The van der Waals surface area contributed by atoms with Gasteiger partial charge in [-0.15, -0.1) is 0 Å². The maximum absolute atomic E-state index is 13.0. The average molecular weight is 407 g/mol. The summed E-state index contributed by atoms with van der Waals surface area (Å²) in [6.45, 7) is 5.80. The number of anilines is 1. The van der Waals surface area contributed by atoms with Crippen molar-refractivity contribution in [3.8, 4) is 0 Å². The molecule has 3 heterocycles. The number of pyridine rings is 1. The van der Waals surface area contributed by atoms with Gasteiger partial charge in [-0.25, -0.2) is 0 Å². The summed E-state index contributed by atoms with van der Waals surface area (Å²) in [7, 11) is 0. The highest BCUT2D eigenvalue weighted by molar-refractivity contribution is 6.06. The van der Waals surface area contributed by atoms with Crippen LogP contribution in [-0.4, -0.2) is 65.9 Å². The number of aromatic nitrogens is 1. The van der Waals surface area contributed by atoms with Crippen molar-refractivity contribution in [2.45, 2.75) is 19.3 Å². The van der Waals surface area contributed by atoms with Crippen LogP contribution < -0.4 is 4.90 Å². The van der Waals surface area contributed by atoms with Gasteiger partial charge >= 0.3 is 0 Å². The second kappa shape index (κ2) is 7.19. The first-order valence-electron chi connectivity index (χ1n) is 11.6. The van der Waals surface area contributed by atoms with E-state index in [4.69, 9.17) is 0 Å². The Labute approximate surface area is 177 Å². The van der Waals surface area contributed by atoms with Crippen molar-refractivity contribution >= 4 is 17.5 Å². The van der Waals surface area contributed by atoms with Gasteiger partial charge < -0.3 is 4.90 Å². The van der Waals surface area contributed by atoms with Crippen molar-refractivity contribution < 1.29 is 9.59 Å². The molecule has 6 heteroatoms. The maximum Gasteiger partial charge on any atom is 0.233 e. The molecule has 158 valence electrons. The maximum atomic E-state index is 13.0. The first-order valence-corrected chi connectivity index (χ1v) is 11.6. The third-order valence-electron chi connectivity index (χ3n) is 8.24. The van der Waals surface area contributed by atoms with Gasteiger partial charge in [0.2, 0.25) is 11.8 Å². The molecule has 0 N–H and O–H groups in total. The quantitative estimate of drug-likeness (QED) is 0.411. The third kappa shape index (κ3) is 2.91. The molecule has 6 atom stereocenters. The summed E-state index contributed by atoms with van der Waals surface area (Å²) in [5, 5.41) is 0. The molecule has 6 aliphatic rings. The lowest BCUT2D eigenvalue weighted by Gasteiger charge is -2.37. The standard InChI is InChI=1S/C24H30N4O2/c29-23-21-17-5-6-18(20-14-19(17)20)22(21)24(30)28(23)9-2-1-8-26-10-12-27(13-11-26)16-4-3-7-25-15-16/h3-7,15,17-22H,1-2,8-14H2/t17-,18-,19-,20-,21+,22+/m0/s1. The van der Waals surface area contributed by atoms with Gasteiger partial charge in [-0.1, -0.05) is 12.2 Å². The van der Waals surface area contributed by atoms with E-state index in [0.29, 0.717) is 30.2 Å². The Bertz CT molecular complexity index is 827. The van der Waals surface area contributed by atoms with Crippen LogP contribution in [0.2, 0.25) is 0 Å². The largest absolute Gasteiger partial charge is 0.368 e. The van der Waals surface area contributed by atoms with Crippen molar-refractivity contribution in [2.75, 3.05) is 44.2 Å². The number of piperazine rings is 1. The molecule has 4 fully saturated rings. The van der Waals surface area contributed by atoms with E-state index >= 15 is 0 Å². The van der Waals surface area contributed by atoms with E-state index in [-0.39, 0.29) is 23.7 Å². The molecular weight excluding hydrogens is 376 g/mol. The Morgan fingerprint density at radius 1 is 0.900 bits per heavy atom. The van der Waals surface area contributed by atoms with E-state index in [1.54, 1.807) is 4.90 Å². The van der Waals surface area contributed by atoms with Gasteiger partial charge in [-0.3, -0.25) is 24.4 Å². The second-order valence-electron chi connectivity index (χ2n) is 9.73. The van der Waals surface area contributed by atoms with Crippen LogP contribution in [-0.2, 0) is 9.59 Å². The van der Waals surface area contributed by atoms with E-state index < -0.39 is 0 Å². The fourth-order valence-corrected chi connectivity index (χ4v) is 6.61. The number of rotatable bonds is 6. The summed E-state index contributed by atoms with van der Waals surface area (Å²) in [5.41, 5.74) is 1.20. The molecule has 2 saturated carbocycles. The summed E-state index contributed by atoms with van der Waals surface area (Å²) in [4.78, 5) is 36.8. The first-order chi connectivity index (χ1) is 14.7. The highest BCUT2D eigenvalue weighted by atomic mass is 16.2. The van der Waals surface area contributed by atoms with Gasteiger partial charge in [0.05, 0.1) is 23.7 Å². The molecule has 1 aromatic rings. The number of hydrogen-bond acceptors (Lipinski definition) is 5. The Balaban J connectivity index is 0.974. The molecular formula is C24H30N4O2. The number of likely N-dealkylation sites (tertiary alicyclic amines) is 1. The van der Waals surface area contributed by atoms with Gasteiger partial charge in [0.15, 0.2) is 0 Å². The van der Waals surface area contributed by atoms with Crippen LogP contribution in [0, 0.1) is 35.5 Å². The molecule has 0 unspecified atom stereocenters. The van der Waals surface area contributed by atoms with Crippen LogP contribution >= 0.6 is 0 Å². The third-order valence-corrected chi connectivity index (χ3v) is 8.24. The Kier molecular flexibility index (Phi) is 4.44. The SMILES string of the molecule is O=C1[C@@H]2[C@H]3C=C[C@@H]([C@@H]4C[C@@H]34)[C@H]2C(=O)N1CCCCN1CCN(c2cccnc2)CC1. The lowest BCUT2D eigenvalue weighted by molar-refractivity contribution is -0.140. The molecule has 2 amide bonds. The van der Waals surface area contributed by atoms with Gasteiger partial charge in [0.25, 0.3) is 0 Å². The van der Waals surface area contributed by atoms with E-state index in [1.165, 1.54) is 12.1 Å². The zero-order chi connectivity index (χ0) is 20.2. The molecule has 4 aliphatic carbocycles. The monoisotopic (exact) mass is 406 g/mol. The van der Waals surface area contributed by atoms with Gasteiger partial charge in [-0.05, 0) is 61.6 Å². The van der Waals surface area contributed by atoms with E-state index in [0.717, 1.165) is 45.6 Å². The van der Waals surface area contributed by atoms with Crippen molar-refractivity contribution in [3.63, 3.8) is 0 Å². The highest BCUT2D eigenvalue weighted by Gasteiger charge is 2.66. The second-order valence-corrected chi connectivity index (χ2v) is 9.73. The van der Waals surface area contributed by atoms with Crippen LogP contribution in [0.5, 0.6) is 0 Å². The smallest absolute Gasteiger partial charge is 0.233 e. The fourth-order valence-electron chi connectivity index (χ4n) is 6.61. The zero-order valence-corrected chi connectivity index (χ0v) is 17.4. The minimum atomic E-state index is -0.0446. The summed E-state index contributed by atoms with van der Waals surface area (Å²) >= 11 is 0. The minimum absolute atomic E-state index is 0.0446. The summed E-state index contributed by atoms with van der Waals surface area (Å²) in [5.74, 6) is 2.20. The van der Waals surface area contributed by atoms with Crippen LogP contribution in [0.15, 0.2) is 36.7 Å². The predicted octanol–water partition coefficient (Wildman–Crippen LogP) is 2.04. The number of nitrogens with zero attached hydrogens (tertiary/aromatic N) is 4. The van der Waals surface area contributed by atoms with Crippen LogP contribution in [0.1, 0.15) is 19.3 Å². The highest BCUT2D eigenvalue weighted by Crippen LogP contribution is 2.65. The van der Waals surface area contributed by atoms with Gasteiger partial charge in [0, 0.05) is 38.9 Å². The summed E-state index contributed by atoms with van der Waals surface area (Å²) < 4.78 is 0. The molecule has 1 aromatic heterocycles. The average Bonchev–Trinajstić information content (AvgIpc) is 3.57. The topological polar surface area (TPSA) is 56.8 Å². The molecule has 6 nitrogen and oxygen atoms in total. The van der Waals surface area contributed by atoms with Crippen molar-refractivity contribution in [2.24, 2.45) is 35.5 Å². The summed E-state index contributed by atoms with van der Waals surface area (Å²) in [6, 6.07) is 4.11. The minimum Gasteiger partial charge on any atom is -0.368 e. The number of hydrogen-bond donors (Lipinski definition) is 0. The molecule has 0 radical (unpaired) electrons. The fraction of sp³-hybridized carbons (Fsp3) is 0.625. The molecule has 0 spiro atoms. The number of unbranched alkanes of at least 4 members (excludes halogenated alkanes) is 1. The Morgan fingerprint density at radius 3 is 2.20 bits per heavy atom.